The summed E-state index contributed by atoms with van der Waals surface area (Å²) in [6.45, 7) is 7.52. The van der Waals surface area contributed by atoms with Gasteiger partial charge in [-0.05, 0) is 46.5 Å². The molecule has 2 rings (SSSR count). The van der Waals surface area contributed by atoms with Gasteiger partial charge in [0.25, 0.3) is 0 Å². The van der Waals surface area contributed by atoms with Crippen molar-refractivity contribution in [3.63, 3.8) is 0 Å². The smallest absolute Gasteiger partial charge is 0.407 e. The fraction of sp³-hybridized carbons (Fsp3) is 0.938. The summed E-state index contributed by atoms with van der Waals surface area (Å²) in [5.41, 5.74) is -0.447. The molecule has 5 nitrogen and oxygen atoms in total. The SMILES string of the molecule is CC(C)(C)OC(=O)NC1CCN([C@H]2CCCC[C@@H]2O)CC1. The van der Waals surface area contributed by atoms with E-state index in [-0.39, 0.29) is 18.2 Å². The number of rotatable bonds is 2. The minimum atomic E-state index is -0.447. The second kappa shape index (κ2) is 6.97. The molecule has 2 atom stereocenters. The van der Waals surface area contributed by atoms with E-state index in [1.807, 2.05) is 20.8 Å². The zero-order valence-electron chi connectivity index (χ0n) is 13.6. The van der Waals surface area contributed by atoms with Crippen molar-refractivity contribution < 1.29 is 14.6 Å². The number of carbonyl (C=O) groups is 1. The average Bonchev–Trinajstić information content (AvgIpc) is 2.38. The summed E-state index contributed by atoms with van der Waals surface area (Å²) in [5.74, 6) is 0. The normalized spacial score (nSPS) is 29.1. The molecule has 0 radical (unpaired) electrons. The fourth-order valence-electron chi connectivity index (χ4n) is 3.37. The van der Waals surface area contributed by atoms with E-state index in [1.165, 1.54) is 6.42 Å². The number of alkyl carbamates (subject to hydrolysis) is 1. The van der Waals surface area contributed by atoms with Crippen LogP contribution in [0.3, 0.4) is 0 Å². The van der Waals surface area contributed by atoms with Gasteiger partial charge in [0.15, 0.2) is 0 Å². The van der Waals surface area contributed by atoms with Gasteiger partial charge in [-0.3, -0.25) is 4.90 Å². The third-order valence-corrected chi connectivity index (χ3v) is 4.41. The highest BCUT2D eigenvalue weighted by Gasteiger charge is 2.32. The van der Waals surface area contributed by atoms with Gasteiger partial charge < -0.3 is 15.2 Å². The molecule has 0 spiro atoms. The Kier molecular flexibility index (Phi) is 5.49. The molecule has 1 aliphatic heterocycles. The molecule has 0 aromatic carbocycles. The van der Waals surface area contributed by atoms with Gasteiger partial charge in [0.2, 0.25) is 0 Å². The minimum absolute atomic E-state index is 0.172. The Bertz CT molecular complexity index is 346. The van der Waals surface area contributed by atoms with Crippen molar-refractivity contribution in [2.24, 2.45) is 0 Å². The number of hydrogen-bond donors (Lipinski definition) is 2. The van der Waals surface area contributed by atoms with Gasteiger partial charge in [-0.2, -0.15) is 0 Å². The summed E-state index contributed by atoms with van der Waals surface area (Å²) in [4.78, 5) is 14.2. The largest absolute Gasteiger partial charge is 0.444 e. The lowest BCUT2D eigenvalue weighted by atomic mass is 9.89. The van der Waals surface area contributed by atoms with E-state index in [0.29, 0.717) is 6.04 Å². The summed E-state index contributed by atoms with van der Waals surface area (Å²) in [7, 11) is 0. The molecule has 21 heavy (non-hydrogen) atoms. The molecule has 0 aromatic rings. The van der Waals surface area contributed by atoms with E-state index in [2.05, 4.69) is 10.2 Å². The standard InChI is InChI=1S/C16H30N2O3/c1-16(2,3)21-15(20)17-12-8-10-18(11-9-12)13-6-4-5-7-14(13)19/h12-14,19H,4-11H2,1-3H3,(H,17,20)/t13-,14-/m0/s1. The molecule has 1 saturated heterocycles. The topological polar surface area (TPSA) is 61.8 Å². The van der Waals surface area contributed by atoms with Crippen molar-refractivity contribution in [3.8, 4) is 0 Å². The van der Waals surface area contributed by atoms with Gasteiger partial charge in [-0.15, -0.1) is 0 Å². The molecule has 2 fully saturated rings. The molecule has 122 valence electrons. The van der Waals surface area contributed by atoms with Gasteiger partial charge in [-0.25, -0.2) is 4.79 Å². The van der Waals surface area contributed by atoms with E-state index in [9.17, 15) is 9.90 Å². The number of hydrogen-bond acceptors (Lipinski definition) is 4. The van der Waals surface area contributed by atoms with E-state index < -0.39 is 5.60 Å². The third-order valence-electron chi connectivity index (χ3n) is 4.41. The molecule has 1 aliphatic carbocycles. The number of ether oxygens (including phenoxy) is 1. The Hall–Kier alpha value is -0.810. The van der Waals surface area contributed by atoms with Crippen LogP contribution in [-0.4, -0.2) is 53.0 Å². The number of carbonyl (C=O) groups excluding carboxylic acids is 1. The fourth-order valence-corrected chi connectivity index (χ4v) is 3.37. The number of piperidine rings is 1. The van der Waals surface area contributed by atoms with Gasteiger partial charge in [0.1, 0.15) is 5.60 Å². The van der Waals surface area contributed by atoms with E-state index in [4.69, 9.17) is 4.74 Å². The predicted octanol–water partition coefficient (Wildman–Crippen LogP) is 2.28. The third kappa shape index (κ3) is 5.15. The molecular weight excluding hydrogens is 268 g/mol. The molecule has 0 unspecified atom stereocenters. The van der Waals surface area contributed by atoms with Crippen LogP contribution in [-0.2, 0) is 4.74 Å². The first-order chi connectivity index (χ1) is 9.85. The first-order valence-electron chi connectivity index (χ1n) is 8.27. The quantitative estimate of drug-likeness (QED) is 0.821. The maximum absolute atomic E-state index is 11.8. The Morgan fingerprint density at radius 3 is 2.33 bits per heavy atom. The molecule has 2 aliphatic rings. The lowest BCUT2D eigenvalue weighted by molar-refractivity contribution is 0.00518. The molecule has 0 bridgehead atoms. The Morgan fingerprint density at radius 1 is 1.14 bits per heavy atom. The molecule has 5 heteroatoms. The summed E-state index contributed by atoms with van der Waals surface area (Å²) in [5, 5.41) is 13.1. The number of nitrogens with zero attached hydrogens (tertiary/aromatic N) is 1. The summed E-state index contributed by atoms with van der Waals surface area (Å²) in [6, 6.07) is 0.512. The average molecular weight is 298 g/mol. The van der Waals surface area contributed by atoms with Crippen molar-refractivity contribution in [1.82, 2.24) is 10.2 Å². The van der Waals surface area contributed by atoms with Crippen LogP contribution in [0.5, 0.6) is 0 Å². The summed E-state index contributed by atoms with van der Waals surface area (Å²) < 4.78 is 5.30. The molecule has 2 N–H and O–H groups in total. The molecule has 0 aromatic heterocycles. The molecular formula is C16H30N2O3. The van der Waals surface area contributed by atoms with Crippen molar-refractivity contribution in [2.45, 2.75) is 83.1 Å². The number of nitrogens with one attached hydrogen (secondary N) is 1. The highest BCUT2D eigenvalue weighted by atomic mass is 16.6. The van der Waals surface area contributed by atoms with Crippen LogP contribution < -0.4 is 5.32 Å². The van der Waals surface area contributed by atoms with Crippen LogP contribution in [0.25, 0.3) is 0 Å². The van der Waals surface area contributed by atoms with Gasteiger partial charge >= 0.3 is 6.09 Å². The first-order valence-corrected chi connectivity index (χ1v) is 8.27. The zero-order valence-corrected chi connectivity index (χ0v) is 13.6. The maximum Gasteiger partial charge on any atom is 0.407 e. The Labute approximate surface area is 128 Å². The summed E-state index contributed by atoms with van der Waals surface area (Å²) in [6.07, 6.45) is 5.77. The van der Waals surface area contributed by atoms with E-state index >= 15 is 0 Å². The molecule has 1 heterocycles. The molecule has 1 saturated carbocycles. The Balaban J connectivity index is 1.74. The van der Waals surface area contributed by atoms with Crippen LogP contribution in [0.4, 0.5) is 4.79 Å². The van der Waals surface area contributed by atoms with Crippen LogP contribution in [0.1, 0.15) is 59.3 Å². The second-order valence-electron chi connectivity index (χ2n) is 7.38. The lowest BCUT2D eigenvalue weighted by Gasteiger charge is -2.41. The molecule has 1 amide bonds. The number of aliphatic hydroxyl groups excluding tert-OH is 1. The first kappa shape index (κ1) is 16.6. The highest BCUT2D eigenvalue weighted by Crippen LogP contribution is 2.26. The van der Waals surface area contributed by atoms with Gasteiger partial charge in [0, 0.05) is 25.2 Å². The number of amides is 1. The second-order valence-corrected chi connectivity index (χ2v) is 7.38. The lowest BCUT2D eigenvalue weighted by Crippen LogP contribution is -2.52. The number of aliphatic hydroxyl groups is 1. The van der Waals surface area contributed by atoms with Crippen molar-refractivity contribution >= 4 is 6.09 Å². The zero-order chi connectivity index (χ0) is 15.5. The van der Waals surface area contributed by atoms with Crippen LogP contribution in [0.15, 0.2) is 0 Å². The predicted molar refractivity (Wildman–Crippen MR) is 82.2 cm³/mol. The van der Waals surface area contributed by atoms with Crippen LogP contribution >= 0.6 is 0 Å². The van der Waals surface area contributed by atoms with Crippen molar-refractivity contribution in [1.29, 1.82) is 0 Å². The van der Waals surface area contributed by atoms with Crippen molar-refractivity contribution in [2.75, 3.05) is 13.1 Å². The summed E-state index contributed by atoms with van der Waals surface area (Å²) >= 11 is 0. The Morgan fingerprint density at radius 2 is 1.76 bits per heavy atom. The highest BCUT2D eigenvalue weighted by molar-refractivity contribution is 5.68. The van der Waals surface area contributed by atoms with Crippen LogP contribution in [0.2, 0.25) is 0 Å². The monoisotopic (exact) mass is 298 g/mol. The van der Waals surface area contributed by atoms with Crippen molar-refractivity contribution in [3.05, 3.63) is 0 Å². The maximum atomic E-state index is 11.8. The van der Waals surface area contributed by atoms with Crippen LogP contribution in [0, 0.1) is 0 Å². The minimum Gasteiger partial charge on any atom is -0.444 e. The van der Waals surface area contributed by atoms with E-state index in [1.54, 1.807) is 0 Å². The van der Waals surface area contributed by atoms with E-state index in [0.717, 1.165) is 45.2 Å². The van der Waals surface area contributed by atoms with Gasteiger partial charge in [-0.1, -0.05) is 12.8 Å². The number of likely N-dealkylation sites (tertiary alicyclic amines) is 1. The van der Waals surface area contributed by atoms with Gasteiger partial charge in [0.05, 0.1) is 6.10 Å².